The van der Waals surface area contributed by atoms with E-state index >= 15 is 0 Å². The molecule has 0 radical (unpaired) electrons. The molecular weight excluding hydrogens is 310 g/mol. The van der Waals surface area contributed by atoms with Gasteiger partial charge in [0.15, 0.2) is 0 Å². The van der Waals surface area contributed by atoms with Gasteiger partial charge >= 0.3 is 0 Å². The summed E-state index contributed by atoms with van der Waals surface area (Å²) in [6, 6.07) is 2.44. The number of aryl methyl sites for hydroxylation is 2. The van der Waals surface area contributed by atoms with Gasteiger partial charge in [-0.05, 0) is 48.3 Å². The van der Waals surface area contributed by atoms with Gasteiger partial charge in [-0.1, -0.05) is 0 Å². The summed E-state index contributed by atoms with van der Waals surface area (Å²) in [7, 11) is 0. The third kappa shape index (κ3) is 2.67. The van der Waals surface area contributed by atoms with Crippen molar-refractivity contribution in [1.82, 2.24) is 4.98 Å². The average molecular weight is 326 g/mol. The van der Waals surface area contributed by atoms with E-state index in [1.54, 1.807) is 12.4 Å². The first-order chi connectivity index (χ1) is 8.49. The number of rotatable bonds is 3. The molecule has 0 spiro atoms. The van der Waals surface area contributed by atoms with Crippen molar-refractivity contribution in [2.45, 2.75) is 26.8 Å². The molecule has 0 saturated heterocycles. The number of hydrogen-bond acceptors (Lipinski definition) is 4. The smallest absolute Gasteiger partial charge is 0.0754 e. The fraction of sp³-hybridized carbons (Fsp3) is 0.308. The highest BCUT2D eigenvalue weighted by molar-refractivity contribution is 9.10. The average Bonchev–Trinajstić information content (AvgIpc) is 2.63. The van der Waals surface area contributed by atoms with Gasteiger partial charge in [-0.25, -0.2) is 0 Å². The number of thiophene rings is 1. The molecule has 1 unspecified atom stereocenters. The fourth-order valence-corrected chi connectivity index (χ4v) is 3.46. The second kappa shape index (κ2) is 5.28. The lowest BCUT2D eigenvalue weighted by Gasteiger charge is -2.17. The normalized spacial score (nSPS) is 12.4. The van der Waals surface area contributed by atoms with Crippen molar-refractivity contribution in [3.8, 4) is 0 Å². The SMILES string of the molecule is Cc1cc(C(C)Nc2c(N)cncc2Br)c(C)s1. The maximum Gasteiger partial charge on any atom is 0.0754 e. The van der Waals surface area contributed by atoms with Crippen LogP contribution < -0.4 is 11.1 Å². The third-order valence-corrected chi connectivity index (χ3v) is 4.42. The molecule has 1 atom stereocenters. The molecule has 0 bridgehead atoms. The molecule has 0 amide bonds. The molecular formula is C13H16BrN3S. The monoisotopic (exact) mass is 325 g/mol. The predicted molar refractivity (Wildman–Crippen MR) is 82.2 cm³/mol. The highest BCUT2D eigenvalue weighted by Crippen LogP contribution is 2.33. The van der Waals surface area contributed by atoms with Crippen molar-refractivity contribution in [1.29, 1.82) is 0 Å². The van der Waals surface area contributed by atoms with Crippen LogP contribution in [-0.2, 0) is 0 Å². The Kier molecular flexibility index (Phi) is 3.92. The Morgan fingerprint density at radius 2 is 2.11 bits per heavy atom. The Morgan fingerprint density at radius 1 is 1.39 bits per heavy atom. The van der Waals surface area contributed by atoms with Gasteiger partial charge in [0.05, 0.1) is 22.0 Å². The summed E-state index contributed by atoms with van der Waals surface area (Å²) in [6.45, 7) is 6.42. The summed E-state index contributed by atoms with van der Waals surface area (Å²) in [5.74, 6) is 0. The van der Waals surface area contributed by atoms with Gasteiger partial charge in [-0.3, -0.25) is 4.98 Å². The minimum atomic E-state index is 0.218. The molecule has 0 aliphatic heterocycles. The van der Waals surface area contributed by atoms with Crippen molar-refractivity contribution < 1.29 is 0 Å². The van der Waals surface area contributed by atoms with Gasteiger partial charge in [0.2, 0.25) is 0 Å². The molecule has 2 rings (SSSR count). The molecule has 5 heteroatoms. The molecule has 0 aromatic carbocycles. The molecule has 0 aliphatic rings. The van der Waals surface area contributed by atoms with Crippen molar-refractivity contribution in [2.75, 3.05) is 11.1 Å². The fourth-order valence-electron chi connectivity index (χ4n) is 1.98. The van der Waals surface area contributed by atoms with E-state index in [1.165, 1.54) is 15.3 Å². The maximum absolute atomic E-state index is 5.94. The standard InChI is InChI=1S/C13H16BrN3S/c1-7-4-10(9(3)18-7)8(2)17-13-11(14)5-16-6-12(13)15/h4-6,8H,15H2,1-3H3,(H,16,17). The van der Waals surface area contributed by atoms with Crippen LogP contribution in [0.15, 0.2) is 22.9 Å². The summed E-state index contributed by atoms with van der Waals surface area (Å²) < 4.78 is 0.888. The van der Waals surface area contributed by atoms with E-state index in [0.29, 0.717) is 5.69 Å². The number of halogens is 1. The molecule has 0 fully saturated rings. The predicted octanol–water partition coefficient (Wildman–Crippen LogP) is 4.28. The van der Waals surface area contributed by atoms with E-state index in [9.17, 15) is 0 Å². The summed E-state index contributed by atoms with van der Waals surface area (Å²) in [5, 5.41) is 3.44. The second-order valence-electron chi connectivity index (χ2n) is 4.32. The lowest BCUT2D eigenvalue weighted by Crippen LogP contribution is -2.09. The molecule has 2 aromatic heterocycles. The van der Waals surface area contributed by atoms with E-state index in [2.05, 4.69) is 53.1 Å². The summed E-state index contributed by atoms with van der Waals surface area (Å²) in [6.07, 6.45) is 3.41. The Hall–Kier alpha value is -1.07. The first-order valence-electron chi connectivity index (χ1n) is 5.71. The molecule has 2 aromatic rings. The maximum atomic E-state index is 5.94. The van der Waals surface area contributed by atoms with Crippen LogP contribution in [0.2, 0.25) is 0 Å². The Morgan fingerprint density at radius 3 is 2.67 bits per heavy atom. The minimum absolute atomic E-state index is 0.218. The Labute approximate surface area is 120 Å². The van der Waals surface area contributed by atoms with Crippen LogP contribution in [0.4, 0.5) is 11.4 Å². The van der Waals surface area contributed by atoms with Crippen LogP contribution in [0, 0.1) is 13.8 Å². The Balaban J connectivity index is 2.26. The van der Waals surface area contributed by atoms with Crippen LogP contribution in [0.1, 0.15) is 28.3 Å². The van der Waals surface area contributed by atoms with Gasteiger partial charge in [0.1, 0.15) is 0 Å². The molecule has 18 heavy (non-hydrogen) atoms. The number of pyridine rings is 1. The molecule has 0 aliphatic carbocycles. The van der Waals surface area contributed by atoms with Gasteiger partial charge < -0.3 is 11.1 Å². The number of nitrogen functional groups attached to an aromatic ring is 1. The minimum Gasteiger partial charge on any atom is -0.396 e. The van der Waals surface area contributed by atoms with E-state index in [4.69, 9.17) is 5.73 Å². The van der Waals surface area contributed by atoms with Crippen LogP contribution in [-0.4, -0.2) is 4.98 Å². The van der Waals surface area contributed by atoms with Crippen LogP contribution in [0.3, 0.4) is 0 Å². The zero-order chi connectivity index (χ0) is 13.3. The second-order valence-corrected chi connectivity index (χ2v) is 6.63. The topological polar surface area (TPSA) is 50.9 Å². The van der Waals surface area contributed by atoms with Crippen molar-refractivity contribution >= 4 is 38.6 Å². The third-order valence-electron chi connectivity index (χ3n) is 2.84. The first-order valence-corrected chi connectivity index (χ1v) is 7.32. The van der Waals surface area contributed by atoms with E-state index in [-0.39, 0.29) is 6.04 Å². The van der Waals surface area contributed by atoms with Gasteiger partial charge in [-0.15, -0.1) is 11.3 Å². The molecule has 0 saturated carbocycles. The van der Waals surface area contributed by atoms with Crippen LogP contribution in [0.25, 0.3) is 0 Å². The molecule has 3 nitrogen and oxygen atoms in total. The van der Waals surface area contributed by atoms with Gasteiger partial charge in [0.25, 0.3) is 0 Å². The lowest BCUT2D eigenvalue weighted by atomic mass is 10.1. The van der Waals surface area contributed by atoms with Gasteiger partial charge in [0, 0.05) is 22.0 Å². The van der Waals surface area contributed by atoms with Crippen LogP contribution in [0.5, 0.6) is 0 Å². The lowest BCUT2D eigenvalue weighted by molar-refractivity contribution is 0.880. The number of hydrogen-bond donors (Lipinski definition) is 2. The highest BCUT2D eigenvalue weighted by Gasteiger charge is 2.14. The van der Waals surface area contributed by atoms with E-state index in [1.807, 2.05) is 11.3 Å². The first kappa shape index (κ1) is 13.4. The number of nitrogens with two attached hydrogens (primary N) is 1. The number of anilines is 2. The van der Waals surface area contributed by atoms with Crippen molar-refractivity contribution in [3.05, 3.63) is 38.3 Å². The van der Waals surface area contributed by atoms with Gasteiger partial charge in [-0.2, -0.15) is 0 Å². The Bertz CT molecular complexity index is 545. The summed E-state index contributed by atoms with van der Waals surface area (Å²) >= 11 is 5.29. The highest BCUT2D eigenvalue weighted by atomic mass is 79.9. The largest absolute Gasteiger partial charge is 0.396 e. The quantitative estimate of drug-likeness (QED) is 0.885. The summed E-state index contributed by atoms with van der Waals surface area (Å²) in [5.41, 5.74) is 8.82. The zero-order valence-electron chi connectivity index (χ0n) is 10.6. The number of aromatic nitrogens is 1. The number of nitrogens with zero attached hydrogens (tertiary/aromatic N) is 1. The zero-order valence-corrected chi connectivity index (χ0v) is 13.0. The molecule has 2 heterocycles. The van der Waals surface area contributed by atoms with Crippen molar-refractivity contribution in [2.24, 2.45) is 0 Å². The molecule has 96 valence electrons. The number of nitrogens with one attached hydrogen (secondary N) is 1. The summed E-state index contributed by atoms with van der Waals surface area (Å²) in [4.78, 5) is 6.71. The van der Waals surface area contributed by atoms with Crippen molar-refractivity contribution in [3.63, 3.8) is 0 Å². The van der Waals surface area contributed by atoms with E-state index < -0.39 is 0 Å². The van der Waals surface area contributed by atoms with Crippen LogP contribution >= 0.6 is 27.3 Å². The van der Waals surface area contributed by atoms with E-state index in [0.717, 1.165) is 10.2 Å². The molecule has 3 N–H and O–H groups in total.